The Morgan fingerprint density at radius 1 is 0.733 bits per heavy atom. The van der Waals surface area contributed by atoms with E-state index in [2.05, 4.69) is 39.1 Å². The van der Waals surface area contributed by atoms with Crippen LogP contribution in [0.25, 0.3) is 0 Å². The standard InChI is InChI=1S/C13H28S2/c1-3-5-7-9-12(14)11-13(15)10-8-6-4-2/h12-15H,3-11H2,1-2H3. The van der Waals surface area contributed by atoms with E-state index in [1.807, 2.05) is 0 Å². The quantitative estimate of drug-likeness (QED) is 0.388. The Hall–Kier alpha value is 0.700. The molecule has 0 aliphatic carbocycles. The Bertz CT molecular complexity index is 112. The Kier molecular flexibility index (Phi) is 11.7. The van der Waals surface area contributed by atoms with Crippen molar-refractivity contribution in [2.45, 2.75) is 82.1 Å². The molecule has 2 atom stereocenters. The molecule has 15 heavy (non-hydrogen) atoms. The topological polar surface area (TPSA) is 0 Å². The lowest BCUT2D eigenvalue weighted by Gasteiger charge is -2.15. The van der Waals surface area contributed by atoms with E-state index in [1.54, 1.807) is 0 Å². The van der Waals surface area contributed by atoms with Crippen molar-refractivity contribution in [1.29, 1.82) is 0 Å². The molecule has 0 aliphatic heterocycles. The van der Waals surface area contributed by atoms with E-state index in [0.29, 0.717) is 10.5 Å². The van der Waals surface area contributed by atoms with Crippen molar-refractivity contribution in [3.63, 3.8) is 0 Å². The zero-order valence-corrected chi connectivity index (χ0v) is 12.2. The van der Waals surface area contributed by atoms with Crippen LogP contribution in [0.2, 0.25) is 0 Å². The Morgan fingerprint density at radius 3 is 1.47 bits per heavy atom. The second-order valence-electron chi connectivity index (χ2n) is 4.53. The van der Waals surface area contributed by atoms with Crippen LogP contribution in [0, 0.1) is 0 Å². The fraction of sp³-hybridized carbons (Fsp3) is 1.00. The third-order valence-corrected chi connectivity index (χ3v) is 3.76. The summed E-state index contributed by atoms with van der Waals surface area (Å²) in [6.07, 6.45) is 11.7. The summed E-state index contributed by atoms with van der Waals surface area (Å²) in [7, 11) is 0. The first-order valence-corrected chi connectivity index (χ1v) is 7.60. The average molecular weight is 249 g/mol. The smallest absolute Gasteiger partial charge is 0.00272 e. The van der Waals surface area contributed by atoms with Gasteiger partial charge < -0.3 is 0 Å². The van der Waals surface area contributed by atoms with E-state index < -0.39 is 0 Å². The summed E-state index contributed by atoms with van der Waals surface area (Å²) < 4.78 is 0. The second kappa shape index (κ2) is 11.2. The summed E-state index contributed by atoms with van der Waals surface area (Å²) >= 11 is 9.28. The molecule has 92 valence electrons. The number of thiol groups is 2. The molecule has 0 aliphatic rings. The molecule has 0 N–H and O–H groups in total. The van der Waals surface area contributed by atoms with Gasteiger partial charge >= 0.3 is 0 Å². The minimum absolute atomic E-state index is 0.570. The summed E-state index contributed by atoms with van der Waals surface area (Å²) in [6, 6.07) is 0. The molecule has 0 amide bonds. The maximum absolute atomic E-state index is 4.64. The lowest BCUT2D eigenvalue weighted by atomic mass is 10.0. The Labute approximate surface area is 107 Å². The molecule has 0 saturated carbocycles. The number of unbranched alkanes of at least 4 members (excludes halogenated alkanes) is 4. The molecule has 2 unspecified atom stereocenters. The van der Waals surface area contributed by atoms with Crippen molar-refractivity contribution in [2.24, 2.45) is 0 Å². The highest BCUT2D eigenvalue weighted by atomic mass is 32.1. The molecule has 0 rings (SSSR count). The molecule has 0 fully saturated rings. The summed E-state index contributed by atoms with van der Waals surface area (Å²) in [5.41, 5.74) is 0. The van der Waals surface area contributed by atoms with E-state index >= 15 is 0 Å². The van der Waals surface area contributed by atoms with Crippen molar-refractivity contribution in [3.05, 3.63) is 0 Å². The summed E-state index contributed by atoms with van der Waals surface area (Å²) in [4.78, 5) is 0. The fourth-order valence-electron chi connectivity index (χ4n) is 1.81. The Morgan fingerprint density at radius 2 is 1.13 bits per heavy atom. The molecular weight excluding hydrogens is 220 g/mol. The van der Waals surface area contributed by atoms with E-state index in [4.69, 9.17) is 0 Å². The van der Waals surface area contributed by atoms with Crippen LogP contribution in [-0.2, 0) is 0 Å². The average Bonchev–Trinajstić information content (AvgIpc) is 2.18. The molecule has 0 spiro atoms. The molecule has 2 heteroatoms. The van der Waals surface area contributed by atoms with Gasteiger partial charge in [0, 0.05) is 10.5 Å². The van der Waals surface area contributed by atoms with Crippen LogP contribution < -0.4 is 0 Å². The minimum atomic E-state index is 0.570. The first-order valence-electron chi connectivity index (χ1n) is 6.56. The van der Waals surface area contributed by atoms with Gasteiger partial charge in [0.15, 0.2) is 0 Å². The molecule has 0 heterocycles. The van der Waals surface area contributed by atoms with Crippen molar-refractivity contribution in [2.75, 3.05) is 0 Å². The van der Waals surface area contributed by atoms with Gasteiger partial charge in [0.2, 0.25) is 0 Å². The van der Waals surface area contributed by atoms with Gasteiger partial charge in [0.05, 0.1) is 0 Å². The summed E-state index contributed by atoms with van der Waals surface area (Å²) in [5, 5.41) is 1.14. The van der Waals surface area contributed by atoms with Gasteiger partial charge in [-0.2, -0.15) is 25.3 Å². The van der Waals surface area contributed by atoms with Gasteiger partial charge in [-0.05, 0) is 19.3 Å². The number of hydrogen-bond acceptors (Lipinski definition) is 2. The maximum Gasteiger partial charge on any atom is 0.00272 e. The summed E-state index contributed by atoms with van der Waals surface area (Å²) in [5.74, 6) is 0. The minimum Gasteiger partial charge on any atom is -0.176 e. The van der Waals surface area contributed by atoms with Crippen molar-refractivity contribution < 1.29 is 0 Å². The molecule has 0 nitrogen and oxygen atoms in total. The third-order valence-electron chi connectivity index (χ3n) is 2.83. The molecule has 0 radical (unpaired) electrons. The van der Waals surface area contributed by atoms with Crippen LogP contribution in [0.5, 0.6) is 0 Å². The normalized spacial score (nSPS) is 15.2. The highest BCUT2D eigenvalue weighted by molar-refractivity contribution is 7.81. The highest BCUT2D eigenvalue weighted by Crippen LogP contribution is 2.20. The molecule has 0 saturated heterocycles. The molecule has 0 aromatic carbocycles. The van der Waals surface area contributed by atoms with Gasteiger partial charge in [-0.15, -0.1) is 0 Å². The maximum atomic E-state index is 4.64. The van der Waals surface area contributed by atoms with Gasteiger partial charge in [-0.1, -0.05) is 52.4 Å². The second-order valence-corrected chi connectivity index (χ2v) is 6.00. The zero-order valence-electron chi connectivity index (χ0n) is 10.4. The van der Waals surface area contributed by atoms with Crippen molar-refractivity contribution >= 4 is 25.3 Å². The molecule has 0 aromatic heterocycles. The molecular formula is C13H28S2. The van der Waals surface area contributed by atoms with Gasteiger partial charge in [-0.3, -0.25) is 0 Å². The first kappa shape index (κ1) is 15.7. The first-order chi connectivity index (χ1) is 7.20. The van der Waals surface area contributed by atoms with Crippen LogP contribution in [0.3, 0.4) is 0 Å². The van der Waals surface area contributed by atoms with Crippen LogP contribution in [0.4, 0.5) is 0 Å². The fourth-order valence-corrected chi connectivity index (χ4v) is 2.85. The SMILES string of the molecule is CCCCCC(S)CC(S)CCCCC. The summed E-state index contributed by atoms with van der Waals surface area (Å²) in [6.45, 7) is 4.50. The Balaban J connectivity index is 3.35. The van der Waals surface area contributed by atoms with Gasteiger partial charge in [0.25, 0.3) is 0 Å². The monoisotopic (exact) mass is 248 g/mol. The lowest BCUT2D eigenvalue weighted by molar-refractivity contribution is 0.576. The van der Waals surface area contributed by atoms with E-state index in [-0.39, 0.29) is 0 Å². The predicted octanol–water partition coefficient (Wildman–Crippen LogP) is 5.13. The zero-order chi connectivity index (χ0) is 11.5. The largest absolute Gasteiger partial charge is 0.176 e. The van der Waals surface area contributed by atoms with E-state index in [0.717, 1.165) is 0 Å². The highest BCUT2D eigenvalue weighted by Gasteiger charge is 2.09. The van der Waals surface area contributed by atoms with Crippen molar-refractivity contribution in [3.8, 4) is 0 Å². The predicted molar refractivity (Wildman–Crippen MR) is 78.4 cm³/mol. The lowest BCUT2D eigenvalue weighted by Crippen LogP contribution is -2.08. The van der Waals surface area contributed by atoms with Gasteiger partial charge in [0.1, 0.15) is 0 Å². The third kappa shape index (κ3) is 11.0. The van der Waals surface area contributed by atoms with E-state index in [1.165, 1.54) is 57.8 Å². The van der Waals surface area contributed by atoms with Crippen molar-refractivity contribution in [1.82, 2.24) is 0 Å². The number of rotatable bonds is 10. The van der Waals surface area contributed by atoms with Crippen LogP contribution in [0.1, 0.15) is 71.6 Å². The van der Waals surface area contributed by atoms with Crippen LogP contribution in [0.15, 0.2) is 0 Å². The van der Waals surface area contributed by atoms with Gasteiger partial charge in [-0.25, -0.2) is 0 Å². The number of hydrogen-bond donors (Lipinski definition) is 2. The molecule has 0 bridgehead atoms. The van der Waals surface area contributed by atoms with Crippen LogP contribution in [-0.4, -0.2) is 10.5 Å². The molecule has 0 aromatic rings. The van der Waals surface area contributed by atoms with Crippen LogP contribution >= 0.6 is 25.3 Å². The van der Waals surface area contributed by atoms with E-state index in [9.17, 15) is 0 Å².